The summed E-state index contributed by atoms with van der Waals surface area (Å²) < 4.78 is 29.7. The Bertz CT molecular complexity index is 643. The van der Waals surface area contributed by atoms with Crippen LogP contribution in [0.4, 0.5) is 5.69 Å². The molecule has 0 amide bonds. The molecule has 0 heterocycles. The maximum atomic E-state index is 9.33. The summed E-state index contributed by atoms with van der Waals surface area (Å²) in [6, 6.07) is 5.25. The maximum absolute atomic E-state index is 9.33. The average Bonchev–Trinajstić information content (AvgIpc) is 2.36. The van der Waals surface area contributed by atoms with Gasteiger partial charge in [-0.25, -0.2) is 0 Å². The zero-order chi connectivity index (χ0) is 17.3. The molecule has 0 spiro atoms. The number of benzene rings is 1. The number of aliphatic imine (C=N–C) groups is 1. The van der Waals surface area contributed by atoms with Gasteiger partial charge in [0.25, 0.3) is 0 Å². The second-order valence-corrected chi connectivity index (χ2v) is 6.32. The number of rotatable bonds is 4. The summed E-state index contributed by atoms with van der Waals surface area (Å²) in [5.74, 6) is 0. The molecule has 1 aromatic carbocycles. The lowest BCUT2D eigenvalue weighted by atomic mass is 10.3. The van der Waals surface area contributed by atoms with Crippen LogP contribution < -0.4 is 0 Å². The fourth-order valence-electron chi connectivity index (χ4n) is 1.20. The first kappa shape index (κ1) is 20.9. The van der Waals surface area contributed by atoms with Crippen molar-refractivity contribution in [3.63, 3.8) is 0 Å². The van der Waals surface area contributed by atoms with Crippen LogP contribution in [0.25, 0.3) is 0 Å². The maximum Gasteiger partial charge on any atom is 0.397 e. The predicted octanol–water partition coefficient (Wildman–Crippen LogP) is 3.60. The normalized spacial score (nSPS) is 12.0. The highest BCUT2D eigenvalue weighted by Crippen LogP contribution is 2.27. The van der Waals surface area contributed by atoms with Crippen LogP contribution >= 0.6 is 23.2 Å². The van der Waals surface area contributed by atoms with Crippen molar-refractivity contribution in [2.24, 2.45) is 4.99 Å². The molecular weight excluding hydrogens is 351 g/mol. The van der Waals surface area contributed by atoms with Gasteiger partial charge in [0.1, 0.15) is 0 Å². The van der Waals surface area contributed by atoms with Gasteiger partial charge in [-0.05, 0) is 30.7 Å². The van der Waals surface area contributed by atoms with E-state index in [4.69, 9.17) is 27.8 Å². The van der Waals surface area contributed by atoms with Gasteiger partial charge < -0.3 is 4.90 Å². The van der Waals surface area contributed by atoms with Gasteiger partial charge in [-0.3, -0.25) is 13.7 Å². The largest absolute Gasteiger partial charge is 0.397 e. The average molecular weight is 369 g/mol. The quantitative estimate of drug-likeness (QED) is 0.648. The fraction of sp³-hybridized carbons (Fsp3) is 0.308. The molecule has 0 aliphatic carbocycles. The Hall–Kier alpha value is -1.12. The third-order valence-corrected chi connectivity index (χ3v) is 2.95. The molecule has 0 aliphatic rings. The van der Waals surface area contributed by atoms with E-state index in [-0.39, 0.29) is 0 Å². The van der Waals surface area contributed by atoms with Crippen molar-refractivity contribution in [3.05, 3.63) is 40.0 Å². The smallest absolute Gasteiger partial charge is 0.383 e. The standard InChI is InChI=1S/C12H14Cl2N2.CH4O4S/c1-9(8-16(2)3)7-15-12-5-4-10(13)6-11(12)14;1-5-6(2,3)4/h4-8H,1-3H3;1H3,(H,2,3,4). The summed E-state index contributed by atoms with van der Waals surface area (Å²) in [4.78, 5) is 6.25. The molecule has 0 unspecified atom stereocenters. The minimum absolute atomic E-state index is 0.557. The van der Waals surface area contributed by atoms with Gasteiger partial charge in [-0.2, -0.15) is 8.42 Å². The number of hydrogen-bond donors (Lipinski definition) is 1. The molecule has 1 aromatic rings. The van der Waals surface area contributed by atoms with Crippen LogP contribution in [-0.2, 0) is 14.6 Å². The number of allylic oxidation sites excluding steroid dienone is 1. The van der Waals surface area contributed by atoms with Crippen molar-refractivity contribution in [1.82, 2.24) is 4.90 Å². The van der Waals surface area contributed by atoms with Crippen LogP contribution in [0.5, 0.6) is 0 Å². The van der Waals surface area contributed by atoms with Gasteiger partial charge in [0.2, 0.25) is 0 Å². The summed E-state index contributed by atoms with van der Waals surface area (Å²) in [6.45, 7) is 1.98. The Morgan fingerprint density at radius 1 is 1.36 bits per heavy atom. The third kappa shape index (κ3) is 10.6. The summed E-state index contributed by atoms with van der Waals surface area (Å²) in [5.41, 5.74) is 1.77. The molecule has 1 rings (SSSR count). The van der Waals surface area contributed by atoms with E-state index in [9.17, 15) is 8.42 Å². The van der Waals surface area contributed by atoms with E-state index in [1.54, 1.807) is 24.4 Å². The predicted molar refractivity (Wildman–Crippen MR) is 90.6 cm³/mol. The van der Waals surface area contributed by atoms with Crippen molar-refractivity contribution in [2.75, 3.05) is 21.2 Å². The molecular formula is C13H18Cl2N2O4S. The molecule has 0 radical (unpaired) electrons. The summed E-state index contributed by atoms with van der Waals surface area (Å²) in [7, 11) is 0.638. The Morgan fingerprint density at radius 2 is 1.91 bits per heavy atom. The second-order valence-electron chi connectivity index (χ2n) is 4.29. The van der Waals surface area contributed by atoms with Crippen LogP contribution in [0, 0.1) is 0 Å². The lowest BCUT2D eigenvalue weighted by molar-refractivity contribution is 0.324. The van der Waals surface area contributed by atoms with Crippen molar-refractivity contribution >= 4 is 45.5 Å². The molecule has 9 heteroatoms. The van der Waals surface area contributed by atoms with E-state index in [2.05, 4.69) is 9.18 Å². The molecule has 0 fully saturated rings. The second kappa shape index (κ2) is 9.81. The molecule has 22 heavy (non-hydrogen) atoms. The first-order valence-corrected chi connectivity index (χ1v) is 8.04. The van der Waals surface area contributed by atoms with E-state index in [1.165, 1.54) is 0 Å². The van der Waals surface area contributed by atoms with Crippen molar-refractivity contribution in [3.8, 4) is 0 Å². The Kier molecular flexibility index (Phi) is 9.31. The molecule has 0 aromatic heterocycles. The molecule has 0 atom stereocenters. The Morgan fingerprint density at radius 3 is 2.32 bits per heavy atom. The van der Waals surface area contributed by atoms with Crippen LogP contribution in [-0.4, -0.2) is 45.3 Å². The van der Waals surface area contributed by atoms with Crippen LogP contribution in [0.3, 0.4) is 0 Å². The molecule has 6 nitrogen and oxygen atoms in total. The van der Waals surface area contributed by atoms with Crippen molar-refractivity contribution in [2.45, 2.75) is 6.92 Å². The van der Waals surface area contributed by atoms with Gasteiger partial charge >= 0.3 is 10.4 Å². The molecule has 0 bridgehead atoms. The third-order valence-electron chi connectivity index (χ3n) is 1.99. The topological polar surface area (TPSA) is 79.2 Å². The van der Waals surface area contributed by atoms with Gasteiger partial charge in [0, 0.05) is 31.5 Å². The van der Waals surface area contributed by atoms with E-state index in [1.807, 2.05) is 32.1 Å². The highest BCUT2D eigenvalue weighted by Gasteiger charge is 1.98. The Labute approximate surface area is 141 Å². The summed E-state index contributed by atoms with van der Waals surface area (Å²) in [5, 5.41) is 1.17. The van der Waals surface area contributed by atoms with E-state index >= 15 is 0 Å². The van der Waals surface area contributed by atoms with Gasteiger partial charge in [0.05, 0.1) is 17.8 Å². The number of nitrogens with zero attached hydrogens (tertiary/aromatic N) is 2. The minimum atomic E-state index is -4.16. The van der Waals surface area contributed by atoms with Gasteiger partial charge in [0.15, 0.2) is 0 Å². The summed E-state index contributed by atoms with van der Waals surface area (Å²) in [6.07, 6.45) is 3.75. The molecule has 0 saturated heterocycles. The zero-order valence-corrected chi connectivity index (χ0v) is 14.9. The molecule has 1 N–H and O–H groups in total. The fourth-order valence-corrected chi connectivity index (χ4v) is 1.66. The SMILES string of the molecule is CC(C=Nc1ccc(Cl)cc1Cl)=CN(C)C.COS(=O)(=O)O. The van der Waals surface area contributed by atoms with Gasteiger partial charge in [-0.15, -0.1) is 0 Å². The first-order chi connectivity index (χ1) is 10.0. The Balaban J connectivity index is 0.000000626. The number of halogens is 2. The lowest BCUT2D eigenvalue weighted by Gasteiger charge is -2.04. The lowest BCUT2D eigenvalue weighted by Crippen LogP contribution is -2.02. The highest BCUT2D eigenvalue weighted by molar-refractivity contribution is 7.80. The van der Waals surface area contributed by atoms with E-state index < -0.39 is 10.4 Å². The zero-order valence-electron chi connectivity index (χ0n) is 12.6. The molecule has 124 valence electrons. The van der Waals surface area contributed by atoms with Crippen LogP contribution in [0.1, 0.15) is 6.92 Å². The van der Waals surface area contributed by atoms with E-state index in [0.29, 0.717) is 10.0 Å². The monoisotopic (exact) mass is 368 g/mol. The summed E-state index contributed by atoms with van der Waals surface area (Å²) >= 11 is 11.8. The van der Waals surface area contributed by atoms with Crippen LogP contribution in [0.15, 0.2) is 35.0 Å². The van der Waals surface area contributed by atoms with Crippen LogP contribution in [0.2, 0.25) is 10.0 Å². The molecule has 0 saturated carbocycles. The highest BCUT2D eigenvalue weighted by atomic mass is 35.5. The molecule has 0 aliphatic heterocycles. The van der Waals surface area contributed by atoms with Gasteiger partial charge in [-0.1, -0.05) is 23.2 Å². The first-order valence-electron chi connectivity index (χ1n) is 5.92. The minimum Gasteiger partial charge on any atom is -0.383 e. The van der Waals surface area contributed by atoms with E-state index in [0.717, 1.165) is 18.4 Å². The van der Waals surface area contributed by atoms with Crippen molar-refractivity contribution < 1.29 is 17.2 Å². The number of hydrogen-bond acceptors (Lipinski definition) is 5. The van der Waals surface area contributed by atoms with Crippen molar-refractivity contribution in [1.29, 1.82) is 0 Å².